The molecular formula is C87H156NO8+. The van der Waals surface area contributed by atoms with Crippen LogP contribution in [0.1, 0.15) is 380 Å². The van der Waals surface area contributed by atoms with Gasteiger partial charge in [0.2, 0.25) is 0 Å². The van der Waals surface area contributed by atoms with Crippen LogP contribution in [0.3, 0.4) is 0 Å². The number of hydrogen-bond donors (Lipinski definition) is 1. The number of ether oxygens (including phenoxy) is 4. The summed E-state index contributed by atoms with van der Waals surface area (Å²) < 4.78 is 23.1. The Morgan fingerprint density at radius 1 is 0.323 bits per heavy atom. The summed E-state index contributed by atoms with van der Waals surface area (Å²) in [5.41, 5.74) is 0. The van der Waals surface area contributed by atoms with Gasteiger partial charge in [-0.25, -0.2) is 4.79 Å². The number of hydrogen-bond acceptors (Lipinski definition) is 7. The smallest absolute Gasteiger partial charge is 0.361 e. The lowest BCUT2D eigenvalue weighted by Gasteiger charge is -2.25. The Balaban J connectivity index is 4.00. The van der Waals surface area contributed by atoms with Crippen molar-refractivity contribution in [1.82, 2.24) is 0 Å². The van der Waals surface area contributed by atoms with Gasteiger partial charge in [0.25, 0.3) is 6.29 Å². The number of esters is 2. The molecule has 0 saturated heterocycles. The van der Waals surface area contributed by atoms with E-state index in [9.17, 15) is 19.5 Å². The van der Waals surface area contributed by atoms with Crippen LogP contribution in [-0.2, 0) is 33.3 Å². The van der Waals surface area contributed by atoms with Crippen LogP contribution in [0.5, 0.6) is 0 Å². The molecule has 0 rings (SSSR count). The maximum Gasteiger partial charge on any atom is 0.361 e. The lowest BCUT2D eigenvalue weighted by molar-refractivity contribution is -0.870. The zero-order valence-corrected chi connectivity index (χ0v) is 63.8. The van der Waals surface area contributed by atoms with E-state index in [-0.39, 0.29) is 38.2 Å². The van der Waals surface area contributed by atoms with E-state index < -0.39 is 18.4 Å². The molecule has 0 aliphatic carbocycles. The molecular weight excluding hydrogens is 1190 g/mol. The third-order valence-electron chi connectivity index (χ3n) is 18.1. The predicted molar refractivity (Wildman–Crippen MR) is 415 cm³/mol. The van der Waals surface area contributed by atoms with Crippen LogP contribution in [0.4, 0.5) is 0 Å². The van der Waals surface area contributed by atoms with Gasteiger partial charge in [-0.05, 0) is 77.0 Å². The van der Waals surface area contributed by atoms with Crippen molar-refractivity contribution in [2.24, 2.45) is 0 Å². The molecule has 96 heavy (non-hydrogen) atoms. The lowest BCUT2D eigenvalue weighted by Crippen LogP contribution is -2.40. The maximum absolute atomic E-state index is 13.0. The first-order valence-corrected chi connectivity index (χ1v) is 40.9. The molecule has 0 bridgehead atoms. The maximum atomic E-state index is 13.0. The highest BCUT2D eigenvalue weighted by molar-refractivity contribution is 5.71. The Hall–Kier alpha value is -3.79. The summed E-state index contributed by atoms with van der Waals surface area (Å²) >= 11 is 0. The lowest BCUT2D eigenvalue weighted by atomic mass is 10.0. The second-order valence-corrected chi connectivity index (χ2v) is 28.7. The number of allylic oxidation sites excluding steroid dienone is 16. The number of carboxylic acids is 1. The van der Waals surface area contributed by atoms with E-state index in [4.69, 9.17) is 18.9 Å². The van der Waals surface area contributed by atoms with Gasteiger partial charge in [0.15, 0.2) is 6.10 Å². The molecule has 0 saturated carbocycles. The molecule has 0 aliphatic rings. The van der Waals surface area contributed by atoms with Crippen LogP contribution < -0.4 is 0 Å². The number of likely N-dealkylation sites (N-methyl/N-ethyl adjacent to an activating group) is 1. The van der Waals surface area contributed by atoms with Crippen LogP contribution in [0.2, 0.25) is 0 Å². The van der Waals surface area contributed by atoms with Gasteiger partial charge in [-0.3, -0.25) is 9.59 Å². The van der Waals surface area contributed by atoms with Crippen molar-refractivity contribution in [3.8, 4) is 0 Å². The van der Waals surface area contributed by atoms with Crippen molar-refractivity contribution < 1.29 is 42.9 Å². The zero-order valence-electron chi connectivity index (χ0n) is 63.8. The summed E-state index contributed by atoms with van der Waals surface area (Å²) in [7, 11) is 5.99. The second-order valence-electron chi connectivity index (χ2n) is 28.7. The minimum Gasteiger partial charge on any atom is -0.477 e. The predicted octanol–water partition coefficient (Wildman–Crippen LogP) is 26.3. The Morgan fingerprint density at radius 2 is 0.594 bits per heavy atom. The van der Waals surface area contributed by atoms with Gasteiger partial charge in [0, 0.05) is 12.8 Å². The normalized spacial score (nSPS) is 13.1. The molecule has 2 unspecified atom stereocenters. The van der Waals surface area contributed by atoms with Gasteiger partial charge in [-0.15, -0.1) is 0 Å². The van der Waals surface area contributed by atoms with E-state index in [1.54, 1.807) is 0 Å². The van der Waals surface area contributed by atoms with Gasteiger partial charge in [-0.2, -0.15) is 0 Å². The number of carbonyl (C=O) groups is 3. The molecule has 0 aromatic heterocycles. The molecule has 0 aliphatic heterocycles. The van der Waals surface area contributed by atoms with Crippen molar-refractivity contribution in [1.29, 1.82) is 0 Å². The first-order valence-electron chi connectivity index (χ1n) is 40.9. The van der Waals surface area contributed by atoms with Crippen molar-refractivity contribution in [3.63, 3.8) is 0 Å². The van der Waals surface area contributed by atoms with Crippen molar-refractivity contribution in [2.45, 2.75) is 392 Å². The van der Waals surface area contributed by atoms with Gasteiger partial charge >= 0.3 is 17.9 Å². The van der Waals surface area contributed by atoms with E-state index in [0.29, 0.717) is 17.4 Å². The zero-order chi connectivity index (χ0) is 69.7. The molecule has 0 spiro atoms. The first-order chi connectivity index (χ1) is 47.1. The molecule has 0 fully saturated rings. The Bertz CT molecular complexity index is 1900. The highest BCUT2D eigenvalue weighted by Crippen LogP contribution is 2.19. The largest absolute Gasteiger partial charge is 0.477 e. The van der Waals surface area contributed by atoms with Gasteiger partial charge < -0.3 is 28.5 Å². The summed E-state index contributed by atoms with van der Waals surface area (Å²) in [6.07, 6.45) is 104. The van der Waals surface area contributed by atoms with Crippen molar-refractivity contribution in [3.05, 3.63) is 97.2 Å². The number of aliphatic carboxylic acids is 1. The monoisotopic (exact) mass is 1340 g/mol. The molecule has 0 amide bonds. The van der Waals surface area contributed by atoms with Crippen LogP contribution in [-0.4, -0.2) is 87.4 Å². The fourth-order valence-corrected chi connectivity index (χ4v) is 11.9. The van der Waals surface area contributed by atoms with Gasteiger partial charge in [0.1, 0.15) is 13.2 Å². The highest BCUT2D eigenvalue weighted by atomic mass is 16.7. The molecule has 556 valence electrons. The molecule has 9 nitrogen and oxygen atoms in total. The fraction of sp³-hybridized carbons (Fsp3) is 0.782. The number of rotatable bonds is 76. The average molecular weight is 1340 g/mol. The Morgan fingerprint density at radius 3 is 0.885 bits per heavy atom. The number of carboxylic acid groups (broad SMARTS) is 1. The molecule has 0 radical (unpaired) electrons. The van der Waals surface area contributed by atoms with E-state index in [1.807, 2.05) is 21.1 Å². The average Bonchev–Trinajstić information content (AvgIpc) is 2.59. The summed E-state index contributed by atoms with van der Waals surface area (Å²) in [6.45, 7) is 4.82. The second kappa shape index (κ2) is 77.0. The Labute approximate surface area is 594 Å². The van der Waals surface area contributed by atoms with Crippen LogP contribution in [0, 0.1) is 0 Å². The van der Waals surface area contributed by atoms with Crippen LogP contribution >= 0.6 is 0 Å². The summed E-state index contributed by atoms with van der Waals surface area (Å²) in [5.74, 6) is -1.98. The number of nitrogens with zero attached hydrogens (tertiary/aromatic N) is 1. The van der Waals surface area contributed by atoms with E-state index in [1.165, 1.54) is 263 Å². The Kier molecular flexibility index (Phi) is 73.9. The van der Waals surface area contributed by atoms with Crippen LogP contribution in [0.25, 0.3) is 0 Å². The van der Waals surface area contributed by atoms with E-state index in [0.717, 1.165) is 89.9 Å². The number of carbonyl (C=O) groups excluding carboxylic acids is 2. The molecule has 1 N–H and O–H groups in total. The highest BCUT2D eigenvalue weighted by Gasteiger charge is 2.25. The summed E-state index contributed by atoms with van der Waals surface area (Å²) in [6, 6.07) is 0. The minimum absolute atomic E-state index is 0.179. The molecule has 0 heterocycles. The summed E-state index contributed by atoms with van der Waals surface area (Å²) in [4.78, 5) is 37.8. The first kappa shape index (κ1) is 92.2. The van der Waals surface area contributed by atoms with Gasteiger partial charge in [-0.1, -0.05) is 387 Å². The van der Waals surface area contributed by atoms with Crippen molar-refractivity contribution >= 4 is 17.9 Å². The van der Waals surface area contributed by atoms with Crippen LogP contribution in [0.15, 0.2) is 97.2 Å². The van der Waals surface area contributed by atoms with Crippen molar-refractivity contribution in [2.75, 3.05) is 47.5 Å². The minimum atomic E-state index is -1.51. The molecule has 0 aromatic rings. The molecule has 2 atom stereocenters. The fourth-order valence-electron chi connectivity index (χ4n) is 11.9. The van der Waals surface area contributed by atoms with E-state index >= 15 is 0 Å². The number of quaternary nitrogens is 1. The molecule has 9 heteroatoms. The third-order valence-corrected chi connectivity index (χ3v) is 18.1. The molecule has 0 aromatic carbocycles. The third kappa shape index (κ3) is 77.6. The van der Waals surface area contributed by atoms with E-state index in [2.05, 4.69) is 111 Å². The summed E-state index contributed by atoms with van der Waals surface area (Å²) in [5, 5.41) is 9.78. The SMILES string of the molecule is CC/C=C\C/C=C\C/C=C\C/C=C\C/C=C\C/C=C\C/C=C\C/C=C\CCCCCCCCCCCCCCCCCCC(=O)OC(COC(=O)CCCCCCCCCCCCCCCCCCCCCCCCCCCCCCCC)COC(OCC[N+](C)(C)C)C(=O)O. The standard InChI is InChI=1S/C87H155NO8/c1-6-8-10-12-14-16-18-20-22-24-26-28-30-32-34-36-38-39-40-41-42-43-44-45-46-47-48-50-52-54-56-58-60-62-64-66-68-70-72-74-76-78-85(90)96-83(82-95-87(86(91)92)93-80-79-88(3,4)5)81-94-84(89)77-75-73-71-69-67-65-63-61-59-57-55-53-51-49-37-35-33-31-29-27-25-23-21-19-17-15-13-11-9-7-2/h8,10,14,16,20,22,26,28,32,34,38-39,41-42,44-45,83,87H,6-7,9,11-13,15,17-19,21,23-25,27,29-31,33,35-37,40,43,46-82H2,1-5H3/p+1/b10-8-,16-14-,22-20-,28-26-,34-32-,39-38-,42-41-,45-44-. The van der Waals surface area contributed by atoms with Gasteiger partial charge in [0.05, 0.1) is 34.4 Å². The quantitative estimate of drug-likeness (QED) is 0.0211. The number of unbranched alkanes of at least 4 members (excludes halogenated alkanes) is 45. The topological polar surface area (TPSA) is 108 Å².